The molecule has 0 radical (unpaired) electrons. The molecule has 0 spiro atoms. The van der Waals surface area contributed by atoms with E-state index in [1.807, 2.05) is 6.07 Å². The highest BCUT2D eigenvalue weighted by atomic mass is 16.1. The smallest absolute Gasteiger partial charge is 0.161 e. The zero-order valence-corrected chi connectivity index (χ0v) is 11.9. The van der Waals surface area contributed by atoms with Gasteiger partial charge in [0.15, 0.2) is 5.78 Å². The van der Waals surface area contributed by atoms with Crippen LogP contribution in [0.5, 0.6) is 0 Å². The van der Waals surface area contributed by atoms with Crippen LogP contribution in [0.4, 0.5) is 0 Å². The predicted octanol–water partition coefficient (Wildman–Crippen LogP) is 4.73. The van der Waals surface area contributed by atoms with E-state index in [1.165, 1.54) is 6.08 Å². The van der Waals surface area contributed by atoms with Gasteiger partial charge in [-0.2, -0.15) is 0 Å². The van der Waals surface area contributed by atoms with Crippen molar-refractivity contribution >= 4 is 11.4 Å². The Kier molecular flexibility index (Phi) is 2.62. The van der Waals surface area contributed by atoms with Crippen LogP contribution in [-0.4, -0.2) is 5.78 Å². The van der Waals surface area contributed by atoms with E-state index in [0.717, 1.165) is 0 Å². The van der Waals surface area contributed by atoms with Gasteiger partial charge in [-0.1, -0.05) is 81.3 Å². The van der Waals surface area contributed by atoms with Crippen LogP contribution in [0.25, 0.3) is 5.57 Å². The zero-order valence-electron chi connectivity index (χ0n) is 16.9. The highest BCUT2D eigenvalue weighted by Gasteiger charge is 2.20. The Morgan fingerprint density at radius 3 is 2.15 bits per heavy atom. The van der Waals surface area contributed by atoms with Crippen LogP contribution in [0.15, 0.2) is 66.6 Å². The molecule has 0 aliphatic rings. The molecule has 0 heterocycles. The van der Waals surface area contributed by atoms with Gasteiger partial charge in [0.05, 0.1) is 6.85 Å². The van der Waals surface area contributed by atoms with Crippen LogP contribution in [0.3, 0.4) is 0 Å². The molecule has 1 heteroatoms. The Morgan fingerprint density at radius 1 is 1.00 bits per heavy atom. The SMILES string of the molecule is [2H]c1c([2H])c([2H])c(/C(=C/C(=O)C(C)(C)C)c2ccccc2)c([2H])c1[2H]. The van der Waals surface area contributed by atoms with E-state index in [0.29, 0.717) is 11.1 Å². The van der Waals surface area contributed by atoms with Crippen molar-refractivity contribution in [1.29, 1.82) is 0 Å². The third-order valence-corrected chi connectivity index (χ3v) is 2.87. The van der Waals surface area contributed by atoms with E-state index in [2.05, 4.69) is 0 Å². The molecule has 102 valence electrons. The topological polar surface area (TPSA) is 17.1 Å². The van der Waals surface area contributed by atoms with Gasteiger partial charge in [-0.05, 0) is 22.8 Å². The number of ketones is 1. The van der Waals surface area contributed by atoms with Crippen molar-refractivity contribution in [1.82, 2.24) is 0 Å². The number of allylic oxidation sites excluding steroid dienone is 1. The van der Waals surface area contributed by atoms with Gasteiger partial charge < -0.3 is 0 Å². The van der Waals surface area contributed by atoms with Crippen LogP contribution < -0.4 is 0 Å². The maximum Gasteiger partial charge on any atom is 0.161 e. The lowest BCUT2D eigenvalue weighted by atomic mass is 9.87. The maximum atomic E-state index is 12.6. The molecule has 0 unspecified atom stereocenters. The monoisotopic (exact) mass is 269 g/mol. The first-order valence-corrected chi connectivity index (χ1v) is 6.44. The summed E-state index contributed by atoms with van der Waals surface area (Å²) in [5.74, 6) is -0.182. The molecule has 0 atom stereocenters. The van der Waals surface area contributed by atoms with E-state index in [4.69, 9.17) is 6.85 Å². The molecule has 2 aromatic rings. The van der Waals surface area contributed by atoms with E-state index >= 15 is 0 Å². The largest absolute Gasteiger partial charge is 0.294 e. The summed E-state index contributed by atoms with van der Waals surface area (Å²) in [6.45, 7) is 5.32. The zero-order chi connectivity index (χ0) is 18.9. The van der Waals surface area contributed by atoms with Gasteiger partial charge >= 0.3 is 0 Å². The second kappa shape index (κ2) is 5.87. The third kappa shape index (κ3) is 3.45. The maximum absolute atomic E-state index is 12.6. The molecule has 20 heavy (non-hydrogen) atoms. The average Bonchev–Trinajstić information content (AvgIpc) is 2.57. The Hall–Kier alpha value is -2.15. The summed E-state index contributed by atoms with van der Waals surface area (Å²) in [6, 6.07) is 6.96. The van der Waals surface area contributed by atoms with E-state index in [1.54, 1.807) is 45.0 Å². The number of hydrogen-bond donors (Lipinski definition) is 0. The van der Waals surface area contributed by atoms with Crippen molar-refractivity contribution < 1.29 is 11.6 Å². The summed E-state index contributed by atoms with van der Waals surface area (Å²) < 4.78 is 39.9. The predicted molar refractivity (Wildman–Crippen MR) is 84.4 cm³/mol. The standard InChI is InChI=1S/C19H20O/c1-19(2,3)18(20)14-17(15-10-6-4-7-11-15)16-12-8-5-9-13-16/h4-14H,1-3H3/i4D,6D,7D,10D,11D/b17-14-. The Balaban J connectivity index is 2.84. The van der Waals surface area contributed by atoms with Crippen molar-refractivity contribution in [3.8, 4) is 0 Å². The molecule has 2 aromatic carbocycles. The van der Waals surface area contributed by atoms with Gasteiger partial charge in [-0.25, -0.2) is 0 Å². The molecular formula is C19H20O. The fourth-order valence-electron chi connectivity index (χ4n) is 1.65. The Labute approximate surface area is 128 Å². The molecule has 0 amide bonds. The van der Waals surface area contributed by atoms with Crippen molar-refractivity contribution in [2.24, 2.45) is 5.41 Å². The number of carbonyl (C=O) groups excluding carboxylic acids is 1. The molecular weight excluding hydrogens is 244 g/mol. The van der Waals surface area contributed by atoms with E-state index < -0.39 is 23.5 Å². The van der Waals surface area contributed by atoms with Crippen molar-refractivity contribution in [3.05, 3.63) is 77.7 Å². The van der Waals surface area contributed by atoms with Crippen LogP contribution in [0.2, 0.25) is 0 Å². The summed E-state index contributed by atoms with van der Waals surface area (Å²) >= 11 is 0. The molecule has 0 fully saturated rings. The fraction of sp³-hybridized carbons (Fsp3) is 0.211. The molecule has 0 aliphatic carbocycles. The van der Waals surface area contributed by atoms with E-state index in [9.17, 15) is 4.79 Å². The minimum Gasteiger partial charge on any atom is -0.294 e. The van der Waals surface area contributed by atoms with Crippen molar-refractivity contribution in [3.63, 3.8) is 0 Å². The molecule has 0 aromatic heterocycles. The molecule has 0 saturated carbocycles. The number of rotatable bonds is 3. The minimum absolute atomic E-state index is 0.0369. The summed E-state index contributed by atoms with van der Waals surface area (Å²) in [7, 11) is 0. The molecule has 0 bridgehead atoms. The second-order valence-corrected chi connectivity index (χ2v) is 5.54. The Bertz CT molecular complexity index is 819. The lowest BCUT2D eigenvalue weighted by Crippen LogP contribution is -2.18. The van der Waals surface area contributed by atoms with Gasteiger partial charge in [0.1, 0.15) is 0 Å². The fourth-order valence-corrected chi connectivity index (χ4v) is 1.65. The molecule has 0 aliphatic heterocycles. The van der Waals surface area contributed by atoms with Crippen LogP contribution >= 0.6 is 0 Å². The quantitative estimate of drug-likeness (QED) is 0.736. The minimum atomic E-state index is -0.645. The van der Waals surface area contributed by atoms with Crippen LogP contribution in [-0.2, 0) is 4.79 Å². The van der Waals surface area contributed by atoms with Gasteiger partial charge in [0.2, 0.25) is 0 Å². The average molecular weight is 269 g/mol. The summed E-state index contributed by atoms with van der Waals surface area (Å²) in [5, 5.41) is 0. The van der Waals surface area contributed by atoms with Gasteiger partial charge in [0, 0.05) is 5.41 Å². The highest BCUT2D eigenvalue weighted by Crippen LogP contribution is 2.26. The van der Waals surface area contributed by atoms with Crippen molar-refractivity contribution in [2.75, 3.05) is 0 Å². The first-order valence-electron chi connectivity index (χ1n) is 8.94. The number of hydrogen-bond acceptors (Lipinski definition) is 1. The first-order chi connectivity index (χ1) is 11.6. The van der Waals surface area contributed by atoms with Gasteiger partial charge in [-0.3, -0.25) is 4.79 Å². The lowest BCUT2D eigenvalue weighted by Gasteiger charge is -2.16. The normalized spacial score (nSPS) is 15.8. The van der Waals surface area contributed by atoms with Crippen molar-refractivity contribution in [2.45, 2.75) is 20.8 Å². The first kappa shape index (κ1) is 8.91. The number of carbonyl (C=O) groups is 1. The summed E-state index contributed by atoms with van der Waals surface area (Å²) in [4.78, 5) is 12.6. The van der Waals surface area contributed by atoms with Crippen LogP contribution in [0, 0.1) is 5.41 Å². The second-order valence-electron chi connectivity index (χ2n) is 5.54. The van der Waals surface area contributed by atoms with Gasteiger partial charge in [-0.15, -0.1) is 0 Å². The summed E-state index contributed by atoms with van der Waals surface area (Å²) in [6.07, 6.45) is 1.38. The molecule has 2 rings (SSSR count). The molecule has 0 N–H and O–H groups in total. The Morgan fingerprint density at radius 2 is 1.60 bits per heavy atom. The summed E-state index contributed by atoms with van der Waals surface area (Å²) in [5.41, 5.74) is 0.346. The third-order valence-electron chi connectivity index (χ3n) is 2.87. The number of benzene rings is 2. The van der Waals surface area contributed by atoms with E-state index in [-0.39, 0.29) is 23.4 Å². The van der Waals surface area contributed by atoms with Crippen LogP contribution in [0.1, 0.15) is 38.8 Å². The molecule has 0 saturated heterocycles. The van der Waals surface area contributed by atoms with Gasteiger partial charge in [0.25, 0.3) is 0 Å². The lowest BCUT2D eigenvalue weighted by molar-refractivity contribution is -0.121. The molecule has 1 nitrogen and oxygen atoms in total. The highest BCUT2D eigenvalue weighted by molar-refractivity contribution is 6.02.